The summed E-state index contributed by atoms with van der Waals surface area (Å²) >= 11 is 2.08. The summed E-state index contributed by atoms with van der Waals surface area (Å²) in [6.45, 7) is 4.52. The van der Waals surface area contributed by atoms with E-state index in [1.807, 2.05) is 0 Å². The van der Waals surface area contributed by atoms with E-state index in [4.69, 9.17) is 0 Å². The van der Waals surface area contributed by atoms with Crippen LogP contribution in [0, 0.1) is 6.08 Å². The Labute approximate surface area is 149 Å². The van der Waals surface area contributed by atoms with Gasteiger partial charge in [0.15, 0.2) is 0 Å². The summed E-state index contributed by atoms with van der Waals surface area (Å²) in [5.74, 6) is 1.18. The van der Waals surface area contributed by atoms with Crippen LogP contribution in [0.3, 0.4) is 0 Å². The summed E-state index contributed by atoms with van der Waals surface area (Å²) < 4.78 is 0.292. The van der Waals surface area contributed by atoms with Gasteiger partial charge in [0, 0.05) is 4.75 Å². The first-order chi connectivity index (χ1) is 7.77. The fraction of sp³-hybridized carbons (Fsp3) is 0.467. The minimum Gasteiger partial charge on any atom is -1.00 e. The third-order valence-corrected chi connectivity index (χ3v) is 4.79. The number of thioether (sulfide) groups is 1. The van der Waals surface area contributed by atoms with Gasteiger partial charge in [0.1, 0.15) is 0 Å². The molecule has 19 heavy (non-hydrogen) atoms. The smallest absolute Gasteiger partial charge is 1.00 e. The standard InChI is InChI=1S/C15H19S.2ClH.Ti/c1-3-16-15(11-7-6-8-13(15)2)12-14-9-4-5-10-14;;;/h4,6-9H,3,5,11-12H2,1-2H3;2*1H;/q-1;;;+3/p-2. The summed E-state index contributed by atoms with van der Waals surface area (Å²) in [5, 5.41) is 0. The van der Waals surface area contributed by atoms with Crippen molar-refractivity contribution < 1.29 is 46.5 Å². The first-order valence-corrected chi connectivity index (χ1v) is 6.99. The minimum absolute atomic E-state index is 0. The van der Waals surface area contributed by atoms with E-state index < -0.39 is 0 Å². The number of halogens is 2. The van der Waals surface area contributed by atoms with Crippen molar-refractivity contribution >= 4 is 11.8 Å². The van der Waals surface area contributed by atoms with Gasteiger partial charge in [0.25, 0.3) is 0 Å². The van der Waals surface area contributed by atoms with E-state index >= 15 is 0 Å². The molecule has 2 aliphatic rings. The van der Waals surface area contributed by atoms with Gasteiger partial charge in [-0.1, -0.05) is 30.7 Å². The molecule has 1 radical (unpaired) electrons. The van der Waals surface area contributed by atoms with Gasteiger partial charge in [-0.15, -0.1) is 6.42 Å². The summed E-state index contributed by atoms with van der Waals surface area (Å²) in [6.07, 6.45) is 17.9. The third kappa shape index (κ3) is 5.48. The Morgan fingerprint density at radius 2 is 2.05 bits per heavy atom. The van der Waals surface area contributed by atoms with Crippen molar-refractivity contribution in [1.29, 1.82) is 0 Å². The van der Waals surface area contributed by atoms with E-state index in [2.05, 4.69) is 62.1 Å². The second-order valence-corrected chi connectivity index (χ2v) is 6.04. The van der Waals surface area contributed by atoms with Gasteiger partial charge in [0.2, 0.25) is 0 Å². The second kappa shape index (κ2) is 10.3. The molecule has 0 aliphatic heterocycles. The molecule has 0 saturated carbocycles. The Morgan fingerprint density at radius 3 is 2.58 bits per heavy atom. The van der Waals surface area contributed by atoms with Crippen molar-refractivity contribution in [3.05, 3.63) is 47.6 Å². The SMILES string of the molecule is CCSC1(CC2=[C-]CC=C2)CC=CC=C1C.[Cl-].[Cl-].[Ti+3]. The monoisotopic (exact) mass is 349 g/mol. The largest absolute Gasteiger partial charge is 3.00 e. The minimum atomic E-state index is 0. The Kier molecular flexibility index (Phi) is 11.9. The molecule has 1 unspecified atom stereocenters. The Balaban J connectivity index is 0. The molecule has 0 saturated heterocycles. The molecule has 0 spiro atoms. The van der Waals surface area contributed by atoms with Gasteiger partial charge >= 0.3 is 21.7 Å². The predicted octanol–water partition coefficient (Wildman–Crippen LogP) is -1.53. The van der Waals surface area contributed by atoms with Crippen LogP contribution < -0.4 is 24.8 Å². The van der Waals surface area contributed by atoms with Crippen molar-refractivity contribution in [2.75, 3.05) is 5.75 Å². The van der Waals surface area contributed by atoms with Crippen molar-refractivity contribution in [3.63, 3.8) is 0 Å². The van der Waals surface area contributed by atoms with Crippen LogP contribution >= 0.6 is 11.8 Å². The fourth-order valence-corrected chi connectivity index (χ4v) is 3.69. The topological polar surface area (TPSA) is 0 Å². The number of hydrogen-bond donors (Lipinski definition) is 0. The zero-order valence-electron chi connectivity index (χ0n) is 11.4. The Bertz CT molecular complexity index is 386. The molecular formula is C15H19Cl2STi. The van der Waals surface area contributed by atoms with Gasteiger partial charge in [0.05, 0.1) is 0 Å². The summed E-state index contributed by atoms with van der Waals surface area (Å²) in [6, 6.07) is 0. The van der Waals surface area contributed by atoms with E-state index in [1.54, 1.807) is 0 Å². The molecular weight excluding hydrogens is 331 g/mol. The van der Waals surface area contributed by atoms with Gasteiger partial charge in [-0.05, 0) is 25.5 Å². The van der Waals surface area contributed by atoms with E-state index in [0.29, 0.717) is 4.75 Å². The molecule has 2 aliphatic carbocycles. The van der Waals surface area contributed by atoms with Crippen molar-refractivity contribution in [2.45, 2.75) is 37.9 Å². The average molecular weight is 350 g/mol. The maximum Gasteiger partial charge on any atom is 3.00 e. The quantitative estimate of drug-likeness (QED) is 0.438. The zero-order valence-corrected chi connectivity index (χ0v) is 15.3. The maximum absolute atomic E-state index is 3.45. The summed E-state index contributed by atoms with van der Waals surface area (Å²) in [4.78, 5) is 0. The molecule has 103 valence electrons. The molecule has 0 fully saturated rings. The maximum atomic E-state index is 3.45. The summed E-state index contributed by atoms with van der Waals surface area (Å²) in [5.41, 5.74) is 2.90. The van der Waals surface area contributed by atoms with E-state index in [0.717, 1.165) is 19.3 Å². The van der Waals surface area contributed by atoms with Crippen LogP contribution in [0.4, 0.5) is 0 Å². The molecule has 0 bridgehead atoms. The van der Waals surface area contributed by atoms with E-state index in [-0.39, 0.29) is 46.5 Å². The number of rotatable bonds is 4. The summed E-state index contributed by atoms with van der Waals surface area (Å²) in [7, 11) is 0. The Morgan fingerprint density at radius 1 is 1.32 bits per heavy atom. The van der Waals surface area contributed by atoms with Gasteiger partial charge in [-0.3, -0.25) is 6.08 Å². The predicted molar refractivity (Wildman–Crippen MR) is 73.5 cm³/mol. The van der Waals surface area contributed by atoms with Crippen LogP contribution in [0.1, 0.15) is 33.1 Å². The van der Waals surface area contributed by atoms with Crippen molar-refractivity contribution in [1.82, 2.24) is 0 Å². The van der Waals surface area contributed by atoms with Crippen LogP contribution in [0.15, 0.2) is 41.5 Å². The van der Waals surface area contributed by atoms with Crippen LogP contribution in [0.2, 0.25) is 0 Å². The van der Waals surface area contributed by atoms with Crippen LogP contribution in [-0.4, -0.2) is 10.5 Å². The fourth-order valence-electron chi connectivity index (χ4n) is 2.37. The first kappa shape index (κ1) is 21.9. The number of hydrogen-bond acceptors (Lipinski definition) is 1. The molecule has 0 aromatic carbocycles. The van der Waals surface area contributed by atoms with Crippen molar-refractivity contribution in [2.24, 2.45) is 0 Å². The van der Waals surface area contributed by atoms with Crippen LogP contribution in [-0.2, 0) is 21.7 Å². The zero-order chi connectivity index (χ0) is 11.4. The molecule has 2 rings (SSSR count). The third-order valence-electron chi connectivity index (χ3n) is 3.31. The van der Waals surface area contributed by atoms with E-state index in [9.17, 15) is 0 Å². The van der Waals surface area contributed by atoms with Gasteiger partial charge in [-0.25, -0.2) is 11.6 Å². The Hall–Kier alpha value is 0.604. The molecule has 0 N–H and O–H groups in total. The van der Waals surface area contributed by atoms with Crippen LogP contribution in [0.5, 0.6) is 0 Å². The molecule has 0 aromatic heterocycles. The van der Waals surface area contributed by atoms with Crippen molar-refractivity contribution in [3.8, 4) is 0 Å². The number of allylic oxidation sites excluding steroid dienone is 7. The van der Waals surface area contributed by atoms with Gasteiger partial charge in [-0.2, -0.15) is 17.8 Å². The molecule has 1 atom stereocenters. The normalized spacial score (nSPS) is 23.7. The molecule has 0 amide bonds. The molecule has 0 nitrogen and oxygen atoms in total. The van der Waals surface area contributed by atoms with E-state index in [1.165, 1.54) is 16.9 Å². The first-order valence-electron chi connectivity index (χ1n) is 6.01. The molecule has 4 heteroatoms. The molecule has 0 aromatic rings. The average Bonchev–Trinajstić information content (AvgIpc) is 2.75. The van der Waals surface area contributed by atoms with Gasteiger partial charge < -0.3 is 24.8 Å². The van der Waals surface area contributed by atoms with Crippen LogP contribution in [0.25, 0.3) is 0 Å². The second-order valence-electron chi connectivity index (χ2n) is 4.39. The molecule has 0 heterocycles.